The fourth-order valence-electron chi connectivity index (χ4n) is 2.44. The van der Waals surface area contributed by atoms with E-state index < -0.39 is 0 Å². The number of nitrogens with zero attached hydrogens (tertiary/aromatic N) is 1. The van der Waals surface area contributed by atoms with Crippen molar-refractivity contribution in [2.45, 2.75) is 77.5 Å². The van der Waals surface area contributed by atoms with Crippen molar-refractivity contribution in [3.05, 3.63) is 24.6 Å². The van der Waals surface area contributed by atoms with Crippen molar-refractivity contribution >= 4 is 0 Å². The van der Waals surface area contributed by atoms with Crippen molar-refractivity contribution in [3.63, 3.8) is 0 Å². The van der Waals surface area contributed by atoms with Gasteiger partial charge in [0.1, 0.15) is 0 Å². The van der Waals surface area contributed by atoms with Gasteiger partial charge in [0.2, 0.25) is 0 Å². The summed E-state index contributed by atoms with van der Waals surface area (Å²) >= 11 is 0. The smallest absolute Gasteiger partial charge is 0.0995 e. The molecular formula is C16H31N3. The van der Waals surface area contributed by atoms with Crippen LogP contribution in [0.2, 0.25) is 0 Å². The summed E-state index contributed by atoms with van der Waals surface area (Å²) < 4.78 is 0. The molecule has 0 aliphatic carbocycles. The van der Waals surface area contributed by atoms with Crippen LogP contribution in [0.4, 0.5) is 0 Å². The van der Waals surface area contributed by atoms with Gasteiger partial charge >= 0.3 is 0 Å². The third kappa shape index (κ3) is 6.67. The minimum atomic E-state index is 0.0972. The van der Waals surface area contributed by atoms with Gasteiger partial charge in [0.05, 0.1) is 12.3 Å². The number of nitrogens with one attached hydrogen (secondary N) is 1. The Labute approximate surface area is 118 Å². The summed E-state index contributed by atoms with van der Waals surface area (Å²) in [4.78, 5) is 2.20. The van der Waals surface area contributed by atoms with Crippen molar-refractivity contribution in [2.75, 3.05) is 0 Å². The summed E-state index contributed by atoms with van der Waals surface area (Å²) in [5, 5.41) is 3.37. The van der Waals surface area contributed by atoms with E-state index in [0.717, 1.165) is 0 Å². The highest BCUT2D eigenvalue weighted by Crippen LogP contribution is 2.15. The molecule has 3 heteroatoms. The first kappa shape index (κ1) is 16.1. The molecule has 0 amide bonds. The Morgan fingerprint density at radius 1 is 1.21 bits per heavy atom. The first-order chi connectivity index (χ1) is 9.25. The van der Waals surface area contributed by atoms with E-state index in [1.54, 1.807) is 0 Å². The Bertz CT molecular complexity index is 271. The maximum atomic E-state index is 5.93. The minimum absolute atomic E-state index is 0.0972. The molecule has 0 saturated carbocycles. The van der Waals surface area contributed by atoms with E-state index in [-0.39, 0.29) is 6.17 Å². The molecule has 0 aromatic heterocycles. The molecule has 1 heterocycles. The van der Waals surface area contributed by atoms with Crippen molar-refractivity contribution in [2.24, 2.45) is 5.73 Å². The lowest BCUT2D eigenvalue weighted by Crippen LogP contribution is -2.44. The van der Waals surface area contributed by atoms with E-state index in [9.17, 15) is 0 Å². The highest BCUT2D eigenvalue weighted by Gasteiger charge is 2.20. The van der Waals surface area contributed by atoms with E-state index in [1.165, 1.54) is 51.4 Å². The molecule has 0 aromatic carbocycles. The van der Waals surface area contributed by atoms with Crippen LogP contribution < -0.4 is 11.1 Å². The molecule has 19 heavy (non-hydrogen) atoms. The molecule has 1 aliphatic rings. The summed E-state index contributed by atoms with van der Waals surface area (Å²) in [6, 6.07) is 0. The molecule has 110 valence electrons. The number of nitrogens with two attached hydrogens (primary N) is 1. The first-order valence-electron chi connectivity index (χ1n) is 7.86. The van der Waals surface area contributed by atoms with Crippen LogP contribution in [0.3, 0.4) is 0 Å². The van der Waals surface area contributed by atoms with E-state index >= 15 is 0 Å². The van der Waals surface area contributed by atoms with Crippen LogP contribution in [-0.2, 0) is 0 Å². The second-order valence-corrected chi connectivity index (χ2v) is 5.44. The summed E-state index contributed by atoms with van der Waals surface area (Å²) in [5.41, 5.74) is 5.93. The average molecular weight is 265 g/mol. The van der Waals surface area contributed by atoms with Gasteiger partial charge in [-0.1, -0.05) is 38.3 Å². The van der Waals surface area contributed by atoms with Gasteiger partial charge in [0.15, 0.2) is 0 Å². The maximum Gasteiger partial charge on any atom is 0.0995 e. The summed E-state index contributed by atoms with van der Waals surface area (Å²) in [6.07, 6.45) is 19.4. The standard InChI is InChI=1S/C16H31N3/c1-3-4-5-6-7-8-9-10-11-12-16-18-13-14-19(16)15(2)17/h5-6,13-16,18H,3-4,7-12,17H2,1-2H3/b6-5+. The number of allylic oxidation sites excluding steroid dienone is 2. The normalized spacial score (nSPS) is 20.2. The van der Waals surface area contributed by atoms with Crippen LogP contribution in [-0.4, -0.2) is 17.2 Å². The molecular weight excluding hydrogens is 234 g/mol. The Balaban J connectivity index is 1.96. The topological polar surface area (TPSA) is 41.3 Å². The molecule has 3 nitrogen and oxygen atoms in total. The molecule has 0 aromatic rings. The molecule has 0 radical (unpaired) electrons. The van der Waals surface area contributed by atoms with Gasteiger partial charge < -0.3 is 16.0 Å². The van der Waals surface area contributed by atoms with Crippen molar-refractivity contribution in [1.29, 1.82) is 0 Å². The van der Waals surface area contributed by atoms with Gasteiger partial charge in [-0.2, -0.15) is 0 Å². The van der Waals surface area contributed by atoms with E-state index in [1.807, 2.05) is 13.1 Å². The fraction of sp³-hybridized carbons (Fsp3) is 0.750. The van der Waals surface area contributed by atoms with Gasteiger partial charge in [-0.25, -0.2) is 0 Å². The third-order valence-electron chi connectivity index (χ3n) is 3.59. The van der Waals surface area contributed by atoms with Crippen LogP contribution in [0.15, 0.2) is 24.6 Å². The monoisotopic (exact) mass is 265 g/mol. The molecule has 0 saturated heterocycles. The summed E-state index contributed by atoms with van der Waals surface area (Å²) in [5.74, 6) is 0. The lowest BCUT2D eigenvalue weighted by atomic mass is 10.1. The zero-order valence-electron chi connectivity index (χ0n) is 12.6. The van der Waals surface area contributed by atoms with Gasteiger partial charge in [-0.15, -0.1) is 0 Å². The molecule has 1 aliphatic heterocycles. The zero-order valence-corrected chi connectivity index (χ0v) is 12.6. The second-order valence-electron chi connectivity index (χ2n) is 5.44. The van der Waals surface area contributed by atoms with Gasteiger partial charge in [0, 0.05) is 12.4 Å². The number of unbranched alkanes of at least 4 members (excludes halogenated alkanes) is 5. The highest BCUT2D eigenvalue weighted by atomic mass is 15.3. The Kier molecular flexibility index (Phi) is 8.39. The van der Waals surface area contributed by atoms with Crippen molar-refractivity contribution < 1.29 is 0 Å². The van der Waals surface area contributed by atoms with Crippen molar-refractivity contribution in [3.8, 4) is 0 Å². The molecule has 0 bridgehead atoms. The van der Waals surface area contributed by atoms with Crippen LogP contribution in [0.25, 0.3) is 0 Å². The molecule has 0 spiro atoms. The van der Waals surface area contributed by atoms with E-state index in [4.69, 9.17) is 5.73 Å². The van der Waals surface area contributed by atoms with Crippen LogP contribution in [0, 0.1) is 0 Å². The molecule has 2 unspecified atom stereocenters. The molecule has 0 fully saturated rings. The Morgan fingerprint density at radius 2 is 1.95 bits per heavy atom. The number of hydrogen-bond donors (Lipinski definition) is 2. The van der Waals surface area contributed by atoms with Gasteiger partial charge in [0.25, 0.3) is 0 Å². The summed E-state index contributed by atoms with van der Waals surface area (Å²) in [7, 11) is 0. The van der Waals surface area contributed by atoms with Crippen LogP contribution in [0.1, 0.15) is 65.2 Å². The van der Waals surface area contributed by atoms with Crippen molar-refractivity contribution in [1.82, 2.24) is 10.2 Å². The second kappa shape index (κ2) is 9.90. The van der Waals surface area contributed by atoms with Gasteiger partial charge in [-0.05, 0) is 39.0 Å². The highest BCUT2D eigenvalue weighted by molar-refractivity contribution is 4.95. The van der Waals surface area contributed by atoms with Crippen LogP contribution in [0.5, 0.6) is 0 Å². The minimum Gasteiger partial charge on any atom is -0.370 e. The fourth-order valence-corrected chi connectivity index (χ4v) is 2.44. The van der Waals surface area contributed by atoms with Gasteiger partial charge in [-0.3, -0.25) is 0 Å². The summed E-state index contributed by atoms with van der Waals surface area (Å²) in [6.45, 7) is 4.26. The Morgan fingerprint density at radius 3 is 2.68 bits per heavy atom. The van der Waals surface area contributed by atoms with E-state index in [0.29, 0.717) is 6.17 Å². The Hall–Kier alpha value is -0.960. The third-order valence-corrected chi connectivity index (χ3v) is 3.59. The number of hydrogen-bond acceptors (Lipinski definition) is 3. The van der Waals surface area contributed by atoms with Crippen LogP contribution >= 0.6 is 0 Å². The molecule has 1 rings (SSSR count). The largest absolute Gasteiger partial charge is 0.370 e. The lowest BCUT2D eigenvalue weighted by Gasteiger charge is -2.28. The predicted octanol–water partition coefficient (Wildman–Crippen LogP) is 3.69. The predicted molar refractivity (Wildman–Crippen MR) is 83.3 cm³/mol. The first-order valence-corrected chi connectivity index (χ1v) is 7.86. The maximum absolute atomic E-state index is 5.93. The average Bonchev–Trinajstić information content (AvgIpc) is 2.85. The van der Waals surface area contributed by atoms with E-state index in [2.05, 4.69) is 35.5 Å². The number of rotatable bonds is 10. The quantitative estimate of drug-likeness (QED) is 0.467. The SMILES string of the molecule is CCC/C=C/CCCCCCC1NC=CN1C(C)N. The molecule has 2 atom stereocenters. The zero-order chi connectivity index (χ0) is 13.9. The molecule has 3 N–H and O–H groups in total. The lowest BCUT2D eigenvalue weighted by molar-refractivity contribution is 0.208.